The molecule has 0 fully saturated rings. The maximum absolute atomic E-state index is 12.6. The number of pyridine rings is 1. The smallest absolute Gasteiger partial charge is 0.261 e. The molecule has 0 aliphatic heterocycles. The van der Waals surface area contributed by atoms with Crippen LogP contribution >= 0.6 is 0 Å². The number of alkyl halides is 1. The number of hydrogen-bond donors (Lipinski definition) is 1. The van der Waals surface area contributed by atoms with E-state index < -0.39 is 12.1 Å². The van der Waals surface area contributed by atoms with E-state index in [1.54, 1.807) is 31.0 Å². The molecule has 0 aromatic carbocycles. The highest BCUT2D eigenvalue weighted by Gasteiger charge is 2.38. The van der Waals surface area contributed by atoms with Gasteiger partial charge in [-0.15, -0.1) is 0 Å². The summed E-state index contributed by atoms with van der Waals surface area (Å²) in [6, 6.07) is 3.90. The second-order valence-electron chi connectivity index (χ2n) is 7.72. The lowest BCUT2D eigenvalue weighted by atomic mass is 9.73. The van der Waals surface area contributed by atoms with E-state index in [4.69, 9.17) is 10.3 Å². The maximum atomic E-state index is 12.6. The number of anilines is 1. The fourth-order valence-electron chi connectivity index (χ4n) is 3.30. The highest BCUT2D eigenvalue weighted by atomic mass is 19.1. The van der Waals surface area contributed by atoms with Crippen LogP contribution in [-0.4, -0.2) is 41.5 Å². The lowest BCUT2D eigenvalue weighted by molar-refractivity contribution is 0.350. The van der Waals surface area contributed by atoms with Gasteiger partial charge in [0.1, 0.15) is 6.67 Å². The molecule has 4 aromatic rings. The van der Waals surface area contributed by atoms with E-state index in [2.05, 4.69) is 51.0 Å². The Hall–Kier alpha value is -3.69. The van der Waals surface area contributed by atoms with E-state index in [0.717, 1.165) is 16.8 Å². The van der Waals surface area contributed by atoms with Gasteiger partial charge in [0.15, 0.2) is 5.82 Å². The first kappa shape index (κ1) is 20.6. The zero-order chi connectivity index (χ0) is 22.0. The molecule has 0 unspecified atom stereocenters. The Kier molecular flexibility index (Phi) is 5.45. The van der Waals surface area contributed by atoms with E-state index in [0.29, 0.717) is 17.3 Å². The van der Waals surface area contributed by atoms with Crippen molar-refractivity contribution in [3.8, 4) is 22.7 Å². The fraction of sp³-hybridized carbons (Fsp3) is 0.333. The summed E-state index contributed by atoms with van der Waals surface area (Å²) in [6.45, 7) is 5.94. The molecule has 0 aliphatic rings. The van der Waals surface area contributed by atoms with Gasteiger partial charge in [0, 0.05) is 30.4 Å². The van der Waals surface area contributed by atoms with Crippen LogP contribution < -0.4 is 5.73 Å². The Morgan fingerprint density at radius 3 is 2.52 bits per heavy atom. The molecule has 31 heavy (non-hydrogen) atoms. The van der Waals surface area contributed by atoms with Gasteiger partial charge in [-0.1, -0.05) is 25.1 Å². The average molecular weight is 422 g/mol. The van der Waals surface area contributed by atoms with Crippen molar-refractivity contribution in [3.63, 3.8) is 0 Å². The lowest BCUT2D eigenvalue weighted by Crippen LogP contribution is -2.31. The monoisotopic (exact) mass is 422 g/mol. The molecule has 2 N–H and O–H groups in total. The molecule has 9 nitrogen and oxygen atoms in total. The Balaban J connectivity index is 1.66. The number of nitrogens with two attached hydrogens (primary N) is 1. The second-order valence-corrected chi connectivity index (χ2v) is 7.72. The molecular weight excluding hydrogens is 399 g/mol. The third-order valence-electron chi connectivity index (χ3n) is 5.57. The Morgan fingerprint density at radius 1 is 1.10 bits per heavy atom. The zero-order valence-electron chi connectivity index (χ0n) is 17.5. The first-order valence-electron chi connectivity index (χ1n) is 9.89. The van der Waals surface area contributed by atoms with Crippen molar-refractivity contribution in [2.45, 2.75) is 32.7 Å². The van der Waals surface area contributed by atoms with Crippen molar-refractivity contribution >= 4 is 5.95 Å². The van der Waals surface area contributed by atoms with Gasteiger partial charge in [0.05, 0.1) is 29.4 Å². The Bertz CT molecular complexity index is 1150. The number of nitrogens with zero attached hydrogens (tertiary/aromatic N) is 7. The molecular formula is C21H23FN8O. The number of nitrogen functional groups attached to an aromatic ring is 1. The van der Waals surface area contributed by atoms with E-state index >= 15 is 0 Å². The number of rotatable bonds is 7. The topological polar surface area (TPSA) is 121 Å². The minimum atomic E-state index is -0.542. The van der Waals surface area contributed by atoms with Crippen molar-refractivity contribution in [2.75, 3.05) is 12.4 Å². The molecule has 0 amide bonds. The van der Waals surface area contributed by atoms with Crippen molar-refractivity contribution in [1.29, 1.82) is 0 Å². The minimum absolute atomic E-state index is 0.153. The molecule has 1 atom stereocenters. The maximum Gasteiger partial charge on any atom is 0.261 e. The van der Waals surface area contributed by atoms with Gasteiger partial charge in [-0.2, -0.15) is 10.1 Å². The molecule has 4 aromatic heterocycles. The van der Waals surface area contributed by atoms with Gasteiger partial charge < -0.3 is 10.3 Å². The molecule has 0 saturated carbocycles. The normalized spacial score (nSPS) is 13.5. The predicted molar refractivity (Wildman–Crippen MR) is 112 cm³/mol. The number of aromatic nitrogens is 7. The summed E-state index contributed by atoms with van der Waals surface area (Å²) in [5.41, 5.74) is 8.13. The lowest BCUT2D eigenvalue weighted by Gasteiger charge is -2.30. The molecule has 4 rings (SSSR count). The standard InChI is InChI=1S/C21H23FN8O/c1-13(2)21(3,16-4-5-17(24-11-16)14-8-25-20(23)26-9-14)19-28-18(31-29-19)15-10-27-30(12-15)7-6-22/h4-5,8-13H,6-7H2,1-3H3,(H2,23,25,26)/t21-/m0/s1. The number of hydrogen-bond acceptors (Lipinski definition) is 8. The van der Waals surface area contributed by atoms with Crippen LogP contribution in [0.25, 0.3) is 22.7 Å². The quantitative estimate of drug-likeness (QED) is 0.481. The Labute approximate surface area is 178 Å². The number of aryl methyl sites for hydroxylation is 1. The van der Waals surface area contributed by atoms with Gasteiger partial charge in [-0.25, -0.2) is 14.4 Å². The van der Waals surface area contributed by atoms with Crippen LogP contribution in [0.4, 0.5) is 10.3 Å². The van der Waals surface area contributed by atoms with Crippen LogP contribution in [0.2, 0.25) is 0 Å². The van der Waals surface area contributed by atoms with Crippen LogP contribution in [-0.2, 0) is 12.0 Å². The van der Waals surface area contributed by atoms with Crippen LogP contribution in [0.5, 0.6) is 0 Å². The van der Waals surface area contributed by atoms with Gasteiger partial charge in [-0.3, -0.25) is 9.67 Å². The van der Waals surface area contributed by atoms with E-state index in [9.17, 15) is 4.39 Å². The van der Waals surface area contributed by atoms with Crippen LogP contribution in [0.1, 0.15) is 32.2 Å². The largest absolute Gasteiger partial charge is 0.368 e. The molecule has 0 saturated heterocycles. The molecule has 0 spiro atoms. The minimum Gasteiger partial charge on any atom is -0.368 e. The first-order valence-corrected chi connectivity index (χ1v) is 9.89. The van der Waals surface area contributed by atoms with Crippen LogP contribution in [0.15, 0.2) is 47.6 Å². The van der Waals surface area contributed by atoms with Gasteiger partial charge >= 0.3 is 0 Å². The molecule has 0 bridgehead atoms. The third kappa shape index (κ3) is 3.88. The summed E-state index contributed by atoms with van der Waals surface area (Å²) in [4.78, 5) is 17.2. The van der Waals surface area contributed by atoms with Crippen molar-refractivity contribution in [2.24, 2.45) is 5.92 Å². The summed E-state index contributed by atoms with van der Waals surface area (Å²) >= 11 is 0. The summed E-state index contributed by atoms with van der Waals surface area (Å²) in [6.07, 6.45) is 8.36. The average Bonchev–Trinajstić information content (AvgIpc) is 3.44. The van der Waals surface area contributed by atoms with E-state index in [1.807, 2.05) is 12.1 Å². The molecule has 0 aliphatic carbocycles. The van der Waals surface area contributed by atoms with E-state index in [1.165, 1.54) is 4.68 Å². The van der Waals surface area contributed by atoms with Gasteiger partial charge in [0.2, 0.25) is 5.95 Å². The fourth-order valence-corrected chi connectivity index (χ4v) is 3.30. The first-order chi connectivity index (χ1) is 14.9. The predicted octanol–water partition coefficient (Wildman–Crippen LogP) is 3.30. The molecule has 10 heteroatoms. The second kappa shape index (κ2) is 8.21. The number of halogens is 1. The van der Waals surface area contributed by atoms with Gasteiger partial charge in [0.25, 0.3) is 5.89 Å². The van der Waals surface area contributed by atoms with Crippen molar-refractivity contribution in [3.05, 3.63) is 54.5 Å². The molecule has 160 valence electrons. The highest BCUT2D eigenvalue weighted by Crippen LogP contribution is 2.38. The van der Waals surface area contributed by atoms with E-state index in [-0.39, 0.29) is 18.4 Å². The van der Waals surface area contributed by atoms with Crippen molar-refractivity contribution in [1.82, 2.24) is 34.9 Å². The Morgan fingerprint density at radius 2 is 1.87 bits per heavy atom. The summed E-state index contributed by atoms with van der Waals surface area (Å²) in [5.74, 6) is 1.26. The summed E-state index contributed by atoms with van der Waals surface area (Å²) in [7, 11) is 0. The molecule has 0 radical (unpaired) electrons. The zero-order valence-corrected chi connectivity index (χ0v) is 17.5. The van der Waals surface area contributed by atoms with Crippen LogP contribution in [0, 0.1) is 5.92 Å². The summed E-state index contributed by atoms with van der Waals surface area (Å²) in [5, 5.41) is 8.36. The summed E-state index contributed by atoms with van der Waals surface area (Å²) < 4.78 is 19.6. The van der Waals surface area contributed by atoms with Crippen LogP contribution in [0.3, 0.4) is 0 Å². The highest BCUT2D eigenvalue weighted by molar-refractivity contribution is 5.58. The molecule has 4 heterocycles. The third-order valence-corrected chi connectivity index (χ3v) is 5.57. The van der Waals surface area contributed by atoms with Gasteiger partial charge in [-0.05, 0) is 24.5 Å². The SMILES string of the molecule is CC(C)[C@@](C)(c1ccc(-c2cnc(N)nc2)nc1)c1noc(-c2cnn(CCF)c2)n1. The van der Waals surface area contributed by atoms with Crippen molar-refractivity contribution < 1.29 is 8.91 Å².